The molecule has 0 unspecified atom stereocenters. The summed E-state index contributed by atoms with van der Waals surface area (Å²) in [4.78, 5) is 15.2. The first-order valence-electron chi connectivity index (χ1n) is 5.87. The van der Waals surface area contributed by atoms with Crippen molar-refractivity contribution in [2.45, 2.75) is 6.92 Å². The van der Waals surface area contributed by atoms with E-state index in [0.717, 1.165) is 11.7 Å². The first kappa shape index (κ1) is 11.6. The van der Waals surface area contributed by atoms with E-state index in [4.69, 9.17) is 4.74 Å². The number of fused-ring (bicyclic) bond motifs is 1. The molecule has 0 aliphatic heterocycles. The van der Waals surface area contributed by atoms with Crippen LogP contribution in [-0.2, 0) is 0 Å². The van der Waals surface area contributed by atoms with E-state index < -0.39 is 5.82 Å². The number of pyridine rings is 2. The number of hydrogen-bond donors (Lipinski definition) is 1. The van der Waals surface area contributed by atoms with Crippen molar-refractivity contribution in [2.24, 2.45) is 0 Å². The second-order valence-corrected chi connectivity index (χ2v) is 3.89. The number of nitrogens with zero attached hydrogens (tertiary/aromatic N) is 3. The SMILES string of the molecule is CCOc1ccc2[nH]c(-c3ccncc3F)nc2n1. The Morgan fingerprint density at radius 1 is 1.26 bits per heavy atom. The smallest absolute Gasteiger partial charge is 0.215 e. The van der Waals surface area contributed by atoms with Gasteiger partial charge < -0.3 is 9.72 Å². The van der Waals surface area contributed by atoms with Gasteiger partial charge >= 0.3 is 0 Å². The third-order valence-electron chi connectivity index (χ3n) is 2.64. The van der Waals surface area contributed by atoms with E-state index >= 15 is 0 Å². The first-order valence-corrected chi connectivity index (χ1v) is 5.87. The second-order valence-electron chi connectivity index (χ2n) is 3.89. The Morgan fingerprint density at radius 2 is 2.16 bits per heavy atom. The van der Waals surface area contributed by atoms with Crippen LogP contribution < -0.4 is 4.74 Å². The summed E-state index contributed by atoms with van der Waals surface area (Å²) in [7, 11) is 0. The van der Waals surface area contributed by atoms with E-state index in [1.807, 2.05) is 13.0 Å². The van der Waals surface area contributed by atoms with Crippen LogP contribution in [0.4, 0.5) is 4.39 Å². The molecule has 3 heterocycles. The maximum Gasteiger partial charge on any atom is 0.215 e. The molecule has 0 aromatic carbocycles. The van der Waals surface area contributed by atoms with Crippen molar-refractivity contribution in [3.05, 3.63) is 36.4 Å². The number of rotatable bonds is 3. The van der Waals surface area contributed by atoms with Crippen molar-refractivity contribution in [1.82, 2.24) is 19.9 Å². The summed E-state index contributed by atoms with van der Waals surface area (Å²) in [5, 5.41) is 0. The van der Waals surface area contributed by atoms with Gasteiger partial charge in [0.05, 0.1) is 23.9 Å². The van der Waals surface area contributed by atoms with E-state index in [9.17, 15) is 4.39 Å². The van der Waals surface area contributed by atoms with Gasteiger partial charge in [-0.3, -0.25) is 4.98 Å². The predicted molar refractivity (Wildman–Crippen MR) is 68.2 cm³/mol. The monoisotopic (exact) mass is 258 g/mol. The Morgan fingerprint density at radius 3 is 2.95 bits per heavy atom. The van der Waals surface area contributed by atoms with Crippen LogP contribution in [0.1, 0.15) is 6.92 Å². The molecular weight excluding hydrogens is 247 g/mol. The Hall–Kier alpha value is -2.50. The van der Waals surface area contributed by atoms with Gasteiger partial charge in [-0.05, 0) is 19.1 Å². The van der Waals surface area contributed by atoms with Crippen molar-refractivity contribution in [3.63, 3.8) is 0 Å². The molecule has 3 rings (SSSR count). The van der Waals surface area contributed by atoms with E-state index in [0.29, 0.717) is 29.5 Å². The molecule has 0 radical (unpaired) electrons. The number of halogens is 1. The number of hydrogen-bond acceptors (Lipinski definition) is 4. The van der Waals surface area contributed by atoms with E-state index in [2.05, 4.69) is 19.9 Å². The van der Waals surface area contributed by atoms with Crippen LogP contribution in [0.5, 0.6) is 5.88 Å². The third kappa shape index (κ3) is 2.12. The van der Waals surface area contributed by atoms with Crippen LogP contribution in [0.15, 0.2) is 30.6 Å². The van der Waals surface area contributed by atoms with Crippen molar-refractivity contribution >= 4 is 11.2 Å². The summed E-state index contributed by atoms with van der Waals surface area (Å²) in [6, 6.07) is 5.12. The molecule has 0 saturated heterocycles. The number of H-pyrrole nitrogens is 1. The molecule has 0 aliphatic rings. The van der Waals surface area contributed by atoms with Gasteiger partial charge in [0.15, 0.2) is 11.5 Å². The molecule has 19 heavy (non-hydrogen) atoms. The molecule has 0 fully saturated rings. The normalized spacial score (nSPS) is 10.8. The highest BCUT2D eigenvalue weighted by Gasteiger charge is 2.11. The molecule has 0 atom stereocenters. The van der Waals surface area contributed by atoms with Gasteiger partial charge in [-0.25, -0.2) is 9.37 Å². The Kier molecular flexibility index (Phi) is 2.83. The van der Waals surface area contributed by atoms with Gasteiger partial charge in [-0.2, -0.15) is 4.98 Å². The molecule has 3 aromatic heterocycles. The summed E-state index contributed by atoms with van der Waals surface area (Å²) in [6.07, 6.45) is 2.67. The number of imidazole rings is 1. The molecular formula is C13H11FN4O. The fourth-order valence-corrected chi connectivity index (χ4v) is 1.80. The van der Waals surface area contributed by atoms with Crippen LogP contribution in [-0.4, -0.2) is 26.5 Å². The van der Waals surface area contributed by atoms with E-state index in [-0.39, 0.29) is 0 Å². The molecule has 1 N–H and O–H groups in total. The molecule has 0 spiro atoms. The summed E-state index contributed by atoms with van der Waals surface area (Å²) in [5.74, 6) is 0.505. The standard InChI is InChI=1S/C13H11FN4O/c1-2-19-11-4-3-10-13(17-11)18-12(16-10)8-5-6-15-7-9(8)14/h3-7H,2H2,1H3,(H,16,17,18). The maximum atomic E-state index is 13.6. The topological polar surface area (TPSA) is 63.7 Å². The molecule has 6 heteroatoms. The minimum Gasteiger partial charge on any atom is -0.478 e. The van der Waals surface area contributed by atoms with Gasteiger partial charge in [0.1, 0.15) is 5.82 Å². The average Bonchev–Trinajstić information content (AvgIpc) is 2.82. The molecule has 0 bridgehead atoms. The molecule has 3 aromatic rings. The largest absolute Gasteiger partial charge is 0.478 e. The average molecular weight is 258 g/mol. The lowest BCUT2D eigenvalue weighted by Crippen LogP contribution is -1.93. The first-order chi connectivity index (χ1) is 9.28. The van der Waals surface area contributed by atoms with E-state index in [1.165, 1.54) is 6.20 Å². The molecule has 0 amide bonds. The van der Waals surface area contributed by atoms with Gasteiger partial charge in [0.25, 0.3) is 0 Å². The fraction of sp³-hybridized carbons (Fsp3) is 0.154. The third-order valence-corrected chi connectivity index (χ3v) is 2.64. The Bertz CT molecular complexity index is 725. The minimum absolute atomic E-state index is 0.367. The molecule has 0 saturated carbocycles. The van der Waals surface area contributed by atoms with Crippen molar-refractivity contribution < 1.29 is 9.13 Å². The molecule has 96 valence electrons. The van der Waals surface area contributed by atoms with Gasteiger partial charge in [-0.1, -0.05) is 0 Å². The predicted octanol–water partition coefficient (Wildman–Crippen LogP) is 2.56. The Labute approximate surface area is 108 Å². The minimum atomic E-state index is -0.424. The quantitative estimate of drug-likeness (QED) is 0.784. The van der Waals surface area contributed by atoms with Crippen molar-refractivity contribution in [3.8, 4) is 17.3 Å². The number of nitrogens with one attached hydrogen (secondary N) is 1. The van der Waals surface area contributed by atoms with Gasteiger partial charge in [0, 0.05) is 12.3 Å². The lowest BCUT2D eigenvalue weighted by atomic mass is 10.2. The summed E-state index contributed by atoms with van der Waals surface area (Å²) < 4.78 is 18.9. The van der Waals surface area contributed by atoms with Crippen molar-refractivity contribution in [2.75, 3.05) is 6.61 Å². The highest BCUT2D eigenvalue weighted by molar-refractivity contribution is 5.76. The van der Waals surface area contributed by atoms with Crippen LogP contribution in [0, 0.1) is 5.82 Å². The highest BCUT2D eigenvalue weighted by Crippen LogP contribution is 2.22. The summed E-state index contributed by atoms with van der Waals surface area (Å²) in [6.45, 7) is 2.42. The van der Waals surface area contributed by atoms with Crippen LogP contribution in [0.25, 0.3) is 22.6 Å². The zero-order chi connectivity index (χ0) is 13.2. The van der Waals surface area contributed by atoms with Gasteiger partial charge in [-0.15, -0.1) is 0 Å². The number of aromatic nitrogens is 4. The maximum absolute atomic E-state index is 13.6. The zero-order valence-corrected chi connectivity index (χ0v) is 10.2. The molecule has 0 aliphatic carbocycles. The number of aromatic amines is 1. The highest BCUT2D eigenvalue weighted by atomic mass is 19.1. The lowest BCUT2D eigenvalue weighted by Gasteiger charge is -1.99. The summed E-state index contributed by atoms with van der Waals surface area (Å²) in [5.41, 5.74) is 1.60. The van der Waals surface area contributed by atoms with E-state index in [1.54, 1.807) is 12.1 Å². The van der Waals surface area contributed by atoms with Crippen molar-refractivity contribution in [1.29, 1.82) is 0 Å². The van der Waals surface area contributed by atoms with Gasteiger partial charge in [0.2, 0.25) is 5.88 Å². The summed E-state index contributed by atoms with van der Waals surface area (Å²) >= 11 is 0. The fourth-order valence-electron chi connectivity index (χ4n) is 1.80. The molecule has 5 nitrogen and oxygen atoms in total. The second kappa shape index (κ2) is 4.64. The number of ether oxygens (including phenoxy) is 1. The van der Waals surface area contributed by atoms with Crippen LogP contribution in [0.2, 0.25) is 0 Å². The zero-order valence-electron chi connectivity index (χ0n) is 10.2. The Balaban J connectivity index is 2.09. The van der Waals surface area contributed by atoms with Crippen LogP contribution >= 0.6 is 0 Å². The lowest BCUT2D eigenvalue weighted by molar-refractivity contribution is 0.328. The van der Waals surface area contributed by atoms with Crippen LogP contribution in [0.3, 0.4) is 0 Å².